The van der Waals surface area contributed by atoms with Crippen LogP contribution in [-0.2, 0) is 0 Å². The average molecular weight is 240 g/mol. The molecule has 0 saturated heterocycles. The molecule has 0 saturated carbocycles. The van der Waals surface area contributed by atoms with Crippen LogP contribution >= 0.6 is 0 Å². The maximum absolute atomic E-state index is 8.94. The van der Waals surface area contributed by atoms with Crippen LogP contribution in [0.25, 0.3) is 0 Å². The lowest BCUT2D eigenvalue weighted by Crippen LogP contribution is -2.00. The number of aryl methyl sites for hydroxylation is 1. The fourth-order valence-corrected chi connectivity index (χ4v) is 1.54. The summed E-state index contributed by atoms with van der Waals surface area (Å²) in [6.45, 7) is 1.95. The van der Waals surface area contributed by atoms with Gasteiger partial charge in [-0.2, -0.15) is 5.26 Å². The van der Waals surface area contributed by atoms with Crippen LogP contribution in [0.5, 0.6) is 5.75 Å². The van der Waals surface area contributed by atoms with E-state index in [2.05, 4.69) is 15.3 Å². The Kier molecular flexibility index (Phi) is 3.39. The topological polar surface area (TPSA) is 70.8 Å². The molecule has 0 atom stereocenters. The molecule has 2 aromatic rings. The summed E-state index contributed by atoms with van der Waals surface area (Å²) in [5.74, 6) is 1.24. The predicted molar refractivity (Wildman–Crippen MR) is 67.8 cm³/mol. The molecule has 18 heavy (non-hydrogen) atoms. The maximum atomic E-state index is 8.94. The molecule has 1 N–H and O–H groups in total. The van der Waals surface area contributed by atoms with Gasteiger partial charge in [0.1, 0.15) is 11.8 Å². The zero-order chi connectivity index (χ0) is 13.0. The van der Waals surface area contributed by atoms with E-state index in [4.69, 9.17) is 10.00 Å². The second-order valence-corrected chi connectivity index (χ2v) is 3.67. The minimum absolute atomic E-state index is 0.271. The van der Waals surface area contributed by atoms with Crippen LogP contribution in [0.4, 0.5) is 11.5 Å². The van der Waals surface area contributed by atoms with Crippen molar-refractivity contribution in [3.05, 3.63) is 41.9 Å². The lowest BCUT2D eigenvalue weighted by Gasteiger charge is -2.10. The molecule has 1 aromatic heterocycles. The van der Waals surface area contributed by atoms with Gasteiger partial charge in [-0.1, -0.05) is 0 Å². The number of nitrogens with zero attached hydrogens (tertiary/aromatic N) is 3. The molecule has 0 radical (unpaired) electrons. The number of methoxy groups -OCH3 is 1. The summed E-state index contributed by atoms with van der Waals surface area (Å²) < 4.78 is 5.14. The van der Waals surface area contributed by atoms with Gasteiger partial charge >= 0.3 is 0 Å². The van der Waals surface area contributed by atoms with Gasteiger partial charge in [-0.3, -0.25) is 0 Å². The Bertz CT molecular complexity index is 604. The molecule has 0 amide bonds. The number of nitriles is 1. The Morgan fingerprint density at radius 3 is 2.72 bits per heavy atom. The third-order valence-corrected chi connectivity index (χ3v) is 2.49. The van der Waals surface area contributed by atoms with Crippen molar-refractivity contribution in [2.24, 2.45) is 0 Å². The molecule has 0 spiro atoms. The van der Waals surface area contributed by atoms with Crippen LogP contribution in [0.2, 0.25) is 0 Å². The molecular formula is C13H12N4O. The first-order valence-electron chi connectivity index (χ1n) is 5.37. The minimum atomic E-state index is 0.271. The molecule has 90 valence electrons. The maximum Gasteiger partial charge on any atom is 0.183 e. The molecule has 5 heteroatoms. The van der Waals surface area contributed by atoms with Crippen molar-refractivity contribution in [3.63, 3.8) is 0 Å². The van der Waals surface area contributed by atoms with Crippen molar-refractivity contribution in [1.82, 2.24) is 9.97 Å². The van der Waals surface area contributed by atoms with E-state index in [1.54, 1.807) is 13.3 Å². The number of hydrogen-bond acceptors (Lipinski definition) is 5. The summed E-state index contributed by atoms with van der Waals surface area (Å²) in [6, 6.07) is 7.63. The van der Waals surface area contributed by atoms with Gasteiger partial charge in [0, 0.05) is 18.1 Å². The van der Waals surface area contributed by atoms with E-state index in [-0.39, 0.29) is 5.69 Å². The minimum Gasteiger partial charge on any atom is -0.497 e. The number of rotatable bonds is 3. The molecule has 0 aliphatic carbocycles. The Morgan fingerprint density at radius 2 is 2.06 bits per heavy atom. The van der Waals surface area contributed by atoms with Gasteiger partial charge < -0.3 is 10.1 Å². The van der Waals surface area contributed by atoms with Gasteiger partial charge in [0.15, 0.2) is 11.5 Å². The van der Waals surface area contributed by atoms with Crippen LogP contribution in [0.3, 0.4) is 0 Å². The van der Waals surface area contributed by atoms with Gasteiger partial charge in [-0.25, -0.2) is 9.97 Å². The number of aromatic nitrogens is 2. The van der Waals surface area contributed by atoms with Crippen molar-refractivity contribution in [3.8, 4) is 11.8 Å². The number of hydrogen-bond donors (Lipinski definition) is 1. The largest absolute Gasteiger partial charge is 0.497 e. The molecule has 2 rings (SSSR count). The number of ether oxygens (including phenoxy) is 1. The second kappa shape index (κ2) is 5.15. The van der Waals surface area contributed by atoms with Gasteiger partial charge in [0.2, 0.25) is 0 Å². The van der Waals surface area contributed by atoms with Gasteiger partial charge in [-0.15, -0.1) is 0 Å². The van der Waals surface area contributed by atoms with Crippen LogP contribution in [0, 0.1) is 18.3 Å². The second-order valence-electron chi connectivity index (χ2n) is 3.67. The molecule has 1 heterocycles. The fourth-order valence-electron chi connectivity index (χ4n) is 1.54. The first-order valence-corrected chi connectivity index (χ1v) is 5.37. The van der Waals surface area contributed by atoms with E-state index < -0.39 is 0 Å². The standard InChI is InChI=1S/C13H12N4O/c1-9-7-10(18-2)3-4-11(9)17-13-12(8-14)15-5-6-16-13/h3-7H,1-2H3,(H,16,17). The van der Waals surface area contributed by atoms with Gasteiger partial charge in [-0.05, 0) is 30.7 Å². The number of anilines is 2. The zero-order valence-corrected chi connectivity index (χ0v) is 10.1. The van der Waals surface area contributed by atoms with E-state index in [1.807, 2.05) is 31.2 Å². The Balaban J connectivity index is 2.32. The summed E-state index contributed by atoms with van der Waals surface area (Å²) in [6.07, 6.45) is 3.03. The Labute approximate surface area is 105 Å². The third kappa shape index (κ3) is 2.38. The summed E-state index contributed by atoms with van der Waals surface area (Å²) in [5, 5.41) is 12.0. The van der Waals surface area contributed by atoms with Gasteiger partial charge in [0.25, 0.3) is 0 Å². The lowest BCUT2D eigenvalue weighted by atomic mass is 10.2. The first kappa shape index (κ1) is 11.9. The highest BCUT2D eigenvalue weighted by atomic mass is 16.5. The molecule has 0 aliphatic rings. The zero-order valence-electron chi connectivity index (χ0n) is 10.1. The molecule has 0 unspecified atom stereocenters. The van der Waals surface area contributed by atoms with Gasteiger partial charge in [0.05, 0.1) is 7.11 Å². The lowest BCUT2D eigenvalue weighted by molar-refractivity contribution is 0.414. The van der Waals surface area contributed by atoms with E-state index in [1.165, 1.54) is 6.20 Å². The van der Waals surface area contributed by atoms with Crippen molar-refractivity contribution in [2.75, 3.05) is 12.4 Å². The van der Waals surface area contributed by atoms with E-state index in [0.717, 1.165) is 17.0 Å². The molecule has 0 aliphatic heterocycles. The fraction of sp³-hybridized carbons (Fsp3) is 0.154. The molecule has 1 aromatic carbocycles. The van der Waals surface area contributed by atoms with E-state index >= 15 is 0 Å². The molecule has 5 nitrogen and oxygen atoms in total. The predicted octanol–water partition coefficient (Wildman–Crippen LogP) is 2.41. The van der Waals surface area contributed by atoms with Crippen LogP contribution in [0.1, 0.15) is 11.3 Å². The van der Waals surface area contributed by atoms with Crippen LogP contribution in [0.15, 0.2) is 30.6 Å². The molecular weight excluding hydrogens is 228 g/mol. The summed E-state index contributed by atoms with van der Waals surface area (Å²) in [4.78, 5) is 8.05. The highest BCUT2D eigenvalue weighted by Crippen LogP contribution is 2.24. The summed E-state index contributed by atoms with van der Waals surface area (Å²) >= 11 is 0. The SMILES string of the molecule is COc1ccc(Nc2nccnc2C#N)c(C)c1. The van der Waals surface area contributed by atoms with E-state index in [0.29, 0.717) is 5.82 Å². The van der Waals surface area contributed by atoms with Crippen LogP contribution < -0.4 is 10.1 Å². The highest BCUT2D eigenvalue weighted by molar-refractivity contribution is 5.64. The Morgan fingerprint density at radius 1 is 1.28 bits per heavy atom. The highest BCUT2D eigenvalue weighted by Gasteiger charge is 2.06. The van der Waals surface area contributed by atoms with Crippen molar-refractivity contribution in [1.29, 1.82) is 5.26 Å². The first-order chi connectivity index (χ1) is 8.74. The summed E-state index contributed by atoms with van der Waals surface area (Å²) in [7, 11) is 1.62. The molecule has 0 fully saturated rings. The quantitative estimate of drug-likeness (QED) is 0.892. The normalized spacial score (nSPS) is 9.61. The monoisotopic (exact) mass is 240 g/mol. The van der Waals surface area contributed by atoms with Crippen LogP contribution in [-0.4, -0.2) is 17.1 Å². The summed E-state index contributed by atoms with van der Waals surface area (Å²) in [5.41, 5.74) is 2.14. The van der Waals surface area contributed by atoms with Crippen molar-refractivity contribution < 1.29 is 4.74 Å². The number of benzene rings is 1. The third-order valence-electron chi connectivity index (χ3n) is 2.49. The van der Waals surface area contributed by atoms with E-state index in [9.17, 15) is 0 Å². The number of nitrogens with one attached hydrogen (secondary N) is 1. The smallest absolute Gasteiger partial charge is 0.183 e. The van der Waals surface area contributed by atoms with Crippen molar-refractivity contribution in [2.45, 2.75) is 6.92 Å². The molecule has 0 bridgehead atoms. The van der Waals surface area contributed by atoms with Crippen molar-refractivity contribution >= 4 is 11.5 Å². The Hall–Kier alpha value is -2.61. The average Bonchev–Trinajstić information content (AvgIpc) is 2.41.